The summed E-state index contributed by atoms with van der Waals surface area (Å²) in [6.45, 7) is 0. The molecule has 0 heterocycles. The molecule has 2 radical (unpaired) electrons. The average molecular weight is 215 g/mol. The van der Waals surface area contributed by atoms with E-state index in [1.165, 1.54) is 0 Å². The minimum absolute atomic E-state index is 0.238. The molecule has 1 aliphatic rings. The molecule has 0 aromatic heterocycles. The first-order valence-electron chi connectivity index (χ1n) is 5.39. The average Bonchev–Trinajstić information content (AvgIpc) is 2.63. The molecule has 0 saturated heterocycles. The Bertz CT molecular complexity index is 404. The van der Waals surface area contributed by atoms with Crippen LogP contribution in [0, 0.1) is 0 Å². The van der Waals surface area contributed by atoms with Crippen LogP contribution in [-0.4, -0.2) is 24.5 Å². The summed E-state index contributed by atoms with van der Waals surface area (Å²) in [6, 6.07) is 7.58. The Morgan fingerprint density at radius 2 is 2.06 bits per heavy atom. The standard InChI is InChI=1S/C12H14BNO2/c13-10-3-1-8(2-4-10)9-5-6-12(14,7-9)11(15)16/h1-4,9H,5-7,14H2,(H,15,16)/t9-,12-/m0/s1. The molecule has 0 aliphatic heterocycles. The van der Waals surface area contributed by atoms with Crippen LogP contribution in [0.2, 0.25) is 0 Å². The molecule has 0 unspecified atom stereocenters. The highest BCUT2D eigenvalue weighted by Gasteiger charge is 2.42. The molecule has 0 bridgehead atoms. The second kappa shape index (κ2) is 3.94. The third-order valence-electron chi connectivity index (χ3n) is 3.38. The summed E-state index contributed by atoms with van der Waals surface area (Å²) >= 11 is 0. The van der Waals surface area contributed by atoms with Gasteiger partial charge < -0.3 is 10.8 Å². The fourth-order valence-electron chi connectivity index (χ4n) is 2.32. The highest BCUT2D eigenvalue weighted by Crippen LogP contribution is 2.39. The van der Waals surface area contributed by atoms with Crippen molar-refractivity contribution in [3.05, 3.63) is 29.8 Å². The van der Waals surface area contributed by atoms with E-state index in [1.807, 2.05) is 24.3 Å². The van der Waals surface area contributed by atoms with Crippen LogP contribution in [0.5, 0.6) is 0 Å². The van der Waals surface area contributed by atoms with E-state index in [2.05, 4.69) is 0 Å². The van der Waals surface area contributed by atoms with E-state index in [0.29, 0.717) is 12.8 Å². The second-order valence-electron chi connectivity index (χ2n) is 4.57. The van der Waals surface area contributed by atoms with Crippen molar-refractivity contribution in [2.45, 2.75) is 30.7 Å². The van der Waals surface area contributed by atoms with Gasteiger partial charge in [-0.05, 0) is 30.7 Å². The van der Waals surface area contributed by atoms with Crippen molar-refractivity contribution >= 4 is 19.3 Å². The predicted octanol–water partition coefficient (Wildman–Crippen LogP) is 0.530. The molecule has 3 N–H and O–H groups in total. The first-order valence-corrected chi connectivity index (χ1v) is 5.39. The molecule has 16 heavy (non-hydrogen) atoms. The van der Waals surface area contributed by atoms with E-state index >= 15 is 0 Å². The maximum absolute atomic E-state index is 11.0. The molecular formula is C12H14BNO2. The summed E-state index contributed by atoms with van der Waals surface area (Å²) in [4.78, 5) is 11.0. The first kappa shape index (κ1) is 11.2. The summed E-state index contributed by atoms with van der Waals surface area (Å²) in [7, 11) is 5.61. The zero-order valence-electron chi connectivity index (χ0n) is 9.02. The van der Waals surface area contributed by atoms with Gasteiger partial charge in [-0.15, -0.1) is 0 Å². The van der Waals surface area contributed by atoms with Gasteiger partial charge in [-0.2, -0.15) is 0 Å². The van der Waals surface area contributed by atoms with Gasteiger partial charge in [-0.3, -0.25) is 4.79 Å². The number of hydrogen-bond donors (Lipinski definition) is 2. The van der Waals surface area contributed by atoms with Crippen molar-refractivity contribution in [1.82, 2.24) is 0 Å². The Morgan fingerprint density at radius 3 is 2.56 bits per heavy atom. The quantitative estimate of drug-likeness (QED) is 0.707. The van der Waals surface area contributed by atoms with Gasteiger partial charge in [-0.25, -0.2) is 0 Å². The largest absolute Gasteiger partial charge is 0.480 e. The van der Waals surface area contributed by atoms with Crippen molar-refractivity contribution < 1.29 is 9.90 Å². The molecule has 2 atom stereocenters. The van der Waals surface area contributed by atoms with Crippen LogP contribution in [0.1, 0.15) is 30.7 Å². The van der Waals surface area contributed by atoms with Crippen LogP contribution in [0.15, 0.2) is 24.3 Å². The highest BCUT2D eigenvalue weighted by molar-refractivity contribution is 6.32. The van der Waals surface area contributed by atoms with Gasteiger partial charge in [0, 0.05) is 0 Å². The molecule has 1 fully saturated rings. The molecule has 1 saturated carbocycles. The van der Waals surface area contributed by atoms with Crippen LogP contribution >= 0.6 is 0 Å². The lowest BCUT2D eigenvalue weighted by Crippen LogP contribution is -2.45. The summed E-state index contributed by atoms with van der Waals surface area (Å²) in [5, 5.41) is 9.04. The molecule has 1 aliphatic carbocycles. The highest BCUT2D eigenvalue weighted by atomic mass is 16.4. The Balaban J connectivity index is 2.15. The maximum Gasteiger partial charge on any atom is 0.323 e. The molecular weight excluding hydrogens is 201 g/mol. The molecule has 0 spiro atoms. The van der Waals surface area contributed by atoms with E-state index in [-0.39, 0.29) is 5.92 Å². The summed E-state index contributed by atoms with van der Waals surface area (Å²) in [5.41, 5.74) is 6.63. The topological polar surface area (TPSA) is 63.3 Å². The molecule has 0 amide bonds. The van der Waals surface area contributed by atoms with Gasteiger partial charge in [0.25, 0.3) is 0 Å². The lowest BCUT2D eigenvalue weighted by atomic mass is 9.89. The Hall–Kier alpha value is -1.29. The van der Waals surface area contributed by atoms with Gasteiger partial charge in [0.2, 0.25) is 0 Å². The molecule has 82 valence electrons. The summed E-state index contributed by atoms with van der Waals surface area (Å²) in [6.07, 6.45) is 1.87. The molecule has 2 rings (SSSR count). The molecule has 4 heteroatoms. The zero-order valence-corrected chi connectivity index (χ0v) is 9.02. The van der Waals surface area contributed by atoms with Crippen LogP contribution in [0.4, 0.5) is 0 Å². The van der Waals surface area contributed by atoms with Crippen LogP contribution in [0.25, 0.3) is 0 Å². The monoisotopic (exact) mass is 215 g/mol. The third-order valence-corrected chi connectivity index (χ3v) is 3.38. The zero-order chi connectivity index (χ0) is 11.8. The lowest BCUT2D eigenvalue weighted by Gasteiger charge is -2.18. The van der Waals surface area contributed by atoms with Gasteiger partial charge in [0.1, 0.15) is 13.4 Å². The van der Waals surface area contributed by atoms with Gasteiger partial charge >= 0.3 is 5.97 Å². The van der Waals surface area contributed by atoms with Gasteiger partial charge in [0.05, 0.1) is 0 Å². The Morgan fingerprint density at radius 1 is 1.44 bits per heavy atom. The van der Waals surface area contributed by atoms with Crippen molar-refractivity contribution in [2.24, 2.45) is 5.73 Å². The first-order chi connectivity index (χ1) is 7.51. The number of carboxylic acid groups (broad SMARTS) is 1. The van der Waals surface area contributed by atoms with Gasteiger partial charge in [-0.1, -0.05) is 29.7 Å². The van der Waals surface area contributed by atoms with Crippen LogP contribution in [-0.2, 0) is 4.79 Å². The van der Waals surface area contributed by atoms with Crippen LogP contribution < -0.4 is 11.2 Å². The molecule has 1 aromatic rings. The number of nitrogens with two attached hydrogens (primary N) is 1. The number of carbonyl (C=O) groups is 1. The molecule has 3 nitrogen and oxygen atoms in total. The maximum atomic E-state index is 11.0. The molecule has 1 aromatic carbocycles. The van der Waals surface area contributed by atoms with Crippen molar-refractivity contribution in [1.29, 1.82) is 0 Å². The van der Waals surface area contributed by atoms with E-state index in [9.17, 15) is 4.79 Å². The van der Waals surface area contributed by atoms with E-state index in [1.54, 1.807) is 0 Å². The normalized spacial score (nSPS) is 29.2. The fraction of sp³-hybridized carbons (Fsp3) is 0.417. The van der Waals surface area contributed by atoms with E-state index in [0.717, 1.165) is 17.4 Å². The summed E-state index contributed by atoms with van der Waals surface area (Å²) in [5.74, 6) is -0.660. The van der Waals surface area contributed by atoms with E-state index in [4.69, 9.17) is 18.7 Å². The van der Waals surface area contributed by atoms with Crippen LogP contribution in [0.3, 0.4) is 0 Å². The number of aliphatic carboxylic acids is 1. The number of hydrogen-bond acceptors (Lipinski definition) is 2. The fourth-order valence-corrected chi connectivity index (χ4v) is 2.32. The van der Waals surface area contributed by atoms with Gasteiger partial charge in [0.15, 0.2) is 0 Å². The lowest BCUT2D eigenvalue weighted by molar-refractivity contribution is -0.143. The minimum Gasteiger partial charge on any atom is -0.480 e. The summed E-state index contributed by atoms with van der Waals surface area (Å²) < 4.78 is 0. The van der Waals surface area contributed by atoms with Crippen molar-refractivity contribution in [3.63, 3.8) is 0 Å². The predicted molar refractivity (Wildman–Crippen MR) is 63.0 cm³/mol. The minimum atomic E-state index is -1.05. The van der Waals surface area contributed by atoms with Crippen molar-refractivity contribution in [3.8, 4) is 0 Å². The van der Waals surface area contributed by atoms with E-state index < -0.39 is 11.5 Å². The smallest absolute Gasteiger partial charge is 0.323 e. The Kier molecular flexibility index (Phi) is 2.76. The van der Waals surface area contributed by atoms with Crippen molar-refractivity contribution in [2.75, 3.05) is 0 Å². The number of benzene rings is 1. The second-order valence-corrected chi connectivity index (χ2v) is 4.57. The number of rotatable bonds is 2. The number of carboxylic acids is 1. The Labute approximate surface area is 96.1 Å². The third kappa shape index (κ3) is 1.98. The SMILES string of the molecule is [B]c1ccc([C@H]2CC[C@@](N)(C(=O)O)C2)cc1.